The number of rotatable bonds is 6. The fourth-order valence-electron chi connectivity index (χ4n) is 1.55. The van der Waals surface area contributed by atoms with Crippen molar-refractivity contribution in [2.24, 2.45) is 0 Å². The summed E-state index contributed by atoms with van der Waals surface area (Å²) in [6.07, 6.45) is 0. The van der Waals surface area contributed by atoms with Crippen LogP contribution in [0.1, 0.15) is 10.4 Å². The number of ether oxygens (including phenoxy) is 1. The van der Waals surface area contributed by atoms with Gasteiger partial charge < -0.3 is 20.7 Å². The lowest BCUT2D eigenvalue weighted by Crippen LogP contribution is -2.39. The molecule has 0 spiro atoms. The molecule has 3 N–H and O–H groups in total. The number of nitrogens with zero attached hydrogens (tertiary/aromatic N) is 1. The predicted molar refractivity (Wildman–Crippen MR) is 72.7 cm³/mol. The lowest BCUT2D eigenvalue weighted by atomic mass is 10.1. The van der Waals surface area contributed by atoms with Crippen LogP contribution in [-0.2, 0) is 9.53 Å². The fourth-order valence-corrected chi connectivity index (χ4v) is 1.55. The Hall–Kier alpha value is -2.15. The van der Waals surface area contributed by atoms with Gasteiger partial charge in [0.15, 0.2) is 0 Å². The van der Waals surface area contributed by atoms with Gasteiger partial charge >= 0.3 is 0 Å². The third-order valence-electron chi connectivity index (χ3n) is 2.58. The highest BCUT2D eigenvalue weighted by Gasteiger charge is 2.18. The van der Waals surface area contributed by atoms with Crippen LogP contribution in [-0.4, -0.2) is 50.6 Å². The monoisotopic (exact) mass is 283 g/mol. The number of amides is 2. The van der Waals surface area contributed by atoms with Crippen molar-refractivity contribution in [3.8, 4) is 0 Å². The minimum absolute atomic E-state index is 0.119. The number of anilines is 1. The number of nitrogens with two attached hydrogens (primary N) is 1. The van der Waals surface area contributed by atoms with Crippen LogP contribution in [0.15, 0.2) is 18.2 Å². The zero-order valence-corrected chi connectivity index (χ0v) is 11.5. The van der Waals surface area contributed by atoms with E-state index in [0.717, 1.165) is 11.0 Å². The molecule has 0 aliphatic rings. The smallest absolute Gasteiger partial charge is 0.257 e. The summed E-state index contributed by atoms with van der Waals surface area (Å²) >= 11 is 0. The van der Waals surface area contributed by atoms with Crippen LogP contribution in [0.5, 0.6) is 0 Å². The molecule has 0 atom stereocenters. The van der Waals surface area contributed by atoms with E-state index in [4.69, 9.17) is 10.5 Å². The molecule has 0 radical (unpaired) electrons. The van der Waals surface area contributed by atoms with E-state index in [1.165, 1.54) is 26.3 Å². The lowest BCUT2D eigenvalue weighted by molar-refractivity contribution is -0.121. The number of likely N-dealkylation sites (N-methyl/N-ethyl adjacent to an activating group) is 1. The Labute approximate surface area is 116 Å². The molecular formula is C13H18FN3O3. The van der Waals surface area contributed by atoms with Gasteiger partial charge in [-0.3, -0.25) is 9.59 Å². The third-order valence-corrected chi connectivity index (χ3v) is 2.58. The highest BCUT2D eigenvalue weighted by atomic mass is 19.1. The summed E-state index contributed by atoms with van der Waals surface area (Å²) in [5.41, 5.74) is 5.53. The molecule has 2 amide bonds. The summed E-state index contributed by atoms with van der Waals surface area (Å²) < 4.78 is 18.4. The highest BCUT2D eigenvalue weighted by molar-refractivity contribution is 5.96. The Morgan fingerprint density at radius 2 is 2.15 bits per heavy atom. The van der Waals surface area contributed by atoms with Crippen LogP contribution < -0.4 is 11.1 Å². The van der Waals surface area contributed by atoms with Crippen LogP contribution in [0.2, 0.25) is 0 Å². The standard InChI is InChI=1S/C13H18FN3O3/c1-17(8-12(18)16-5-6-20-2)13(19)10-4-3-9(15)7-11(10)14/h3-4,7H,5-6,8,15H2,1-2H3,(H,16,18). The van der Waals surface area contributed by atoms with Gasteiger partial charge in [0, 0.05) is 26.4 Å². The molecule has 0 fully saturated rings. The molecular weight excluding hydrogens is 265 g/mol. The van der Waals surface area contributed by atoms with Crippen molar-refractivity contribution >= 4 is 17.5 Å². The number of methoxy groups -OCH3 is 1. The van der Waals surface area contributed by atoms with Crippen molar-refractivity contribution in [3.05, 3.63) is 29.6 Å². The fraction of sp³-hybridized carbons (Fsp3) is 0.385. The molecule has 0 aromatic heterocycles. The molecule has 1 aromatic rings. The average molecular weight is 283 g/mol. The van der Waals surface area contributed by atoms with E-state index in [1.807, 2.05) is 0 Å². The first-order valence-corrected chi connectivity index (χ1v) is 6.02. The van der Waals surface area contributed by atoms with Crippen LogP contribution in [0, 0.1) is 5.82 Å². The van der Waals surface area contributed by atoms with Gasteiger partial charge in [-0.25, -0.2) is 4.39 Å². The number of nitrogens with one attached hydrogen (secondary N) is 1. The quantitative estimate of drug-likeness (QED) is 0.578. The van der Waals surface area contributed by atoms with Crippen molar-refractivity contribution in [1.82, 2.24) is 10.2 Å². The summed E-state index contributed by atoms with van der Waals surface area (Å²) in [6.45, 7) is 0.579. The number of halogens is 1. The molecule has 6 nitrogen and oxygen atoms in total. The summed E-state index contributed by atoms with van der Waals surface area (Å²) in [4.78, 5) is 24.6. The molecule has 7 heteroatoms. The first kappa shape index (κ1) is 15.9. The number of benzene rings is 1. The Bertz CT molecular complexity index is 494. The maximum absolute atomic E-state index is 13.6. The van der Waals surface area contributed by atoms with E-state index >= 15 is 0 Å². The summed E-state index contributed by atoms with van der Waals surface area (Å²) in [5, 5.41) is 2.57. The summed E-state index contributed by atoms with van der Waals surface area (Å²) in [6, 6.07) is 3.80. The topological polar surface area (TPSA) is 84.7 Å². The predicted octanol–water partition coefficient (Wildman–Crippen LogP) is 0.243. The molecule has 0 aliphatic heterocycles. The highest BCUT2D eigenvalue weighted by Crippen LogP contribution is 2.13. The third kappa shape index (κ3) is 4.51. The number of carbonyl (C=O) groups is 2. The van der Waals surface area contributed by atoms with Crippen molar-refractivity contribution in [2.45, 2.75) is 0 Å². The van der Waals surface area contributed by atoms with E-state index in [0.29, 0.717) is 13.2 Å². The number of nitrogen functional groups attached to an aromatic ring is 1. The first-order valence-electron chi connectivity index (χ1n) is 6.02. The van der Waals surface area contributed by atoms with Gasteiger partial charge in [-0.1, -0.05) is 0 Å². The molecule has 0 bridgehead atoms. The largest absolute Gasteiger partial charge is 0.399 e. The Kier molecular flexibility index (Phi) is 5.92. The molecule has 110 valence electrons. The average Bonchev–Trinajstić information content (AvgIpc) is 2.38. The second-order valence-electron chi connectivity index (χ2n) is 4.24. The summed E-state index contributed by atoms with van der Waals surface area (Å²) in [7, 11) is 2.94. The van der Waals surface area contributed by atoms with E-state index in [1.54, 1.807) is 0 Å². The van der Waals surface area contributed by atoms with Gasteiger partial charge in [-0.05, 0) is 18.2 Å². The normalized spacial score (nSPS) is 10.2. The van der Waals surface area contributed by atoms with Crippen molar-refractivity contribution in [2.75, 3.05) is 39.6 Å². The molecule has 0 saturated carbocycles. The molecule has 0 aliphatic carbocycles. The van der Waals surface area contributed by atoms with Gasteiger partial charge in [0.05, 0.1) is 18.7 Å². The second kappa shape index (κ2) is 7.44. The molecule has 1 rings (SSSR count). The van der Waals surface area contributed by atoms with Gasteiger partial charge in [0.25, 0.3) is 5.91 Å². The van der Waals surface area contributed by atoms with Crippen molar-refractivity contribution in [1.29, 1.82) is 0 Å². The number of hydrogen-bond acceptors (Lipinski definition) is 4. The Morgan fingerprint density at radius 3 is 2.75 bits per heavy atom. The van der Waals surface area contributed by atoms with E-state index in [9.17, 15) is 14.0 Å². The lowest BCUT2D eigenvalue weighted by Gasteiger charge is -2.17. The van der Waals surface area contributed by atoms with E-state index in [-0.39, 0.29) is 23.7 Å². The van der Waals surface area contributed by atoms with Gasteiger partial charge in [0.1, 0.15) is 5.82 Å². The second-order valence-corrected chi connectivity index (χ2v) is 4.24. The van der Waals surface area contributed by atoms with Gasteiger partial charge in [0.2, 0.25) is 5.91 Å². The van der Waals surface area contributed by atoms with Crippen molar-refractivity contribution in [3.63, 3.8) is 0 Å². The van der Waals surface area contributed by atoms with Gasteiger partial charge in [-0.2, -0.15) is 0 Å². The minimum atomic E-state index is -0.707. The Morgan fingerprint density at radius 1 is 1.45 bits per heavy atom. The maximum atomic E-state index is 13.6. The summed E-state index contributed by atoms with van der Waals surface area (Å²) in [5.74, 6) is -1.63. The molecule has 0 saturated heterocycles. The van der Waals surface area contributed by atoms with Crippen LogP contribution in [0.4, 0.5) is 10.1 Å². The zero-order valence-electron chi connectivity index (χ0n) is 11.5. The van der Waals surface area contributed by atoms with Crippen LogP contribution in [0.25, 0.3) is 0 Å². The maximum Gasteiger partial charge on any atom is 0.257 e. The number of carbonyl (C=O) groups excluding carboxylic acids is 2. The van der Waals surface area contributed by atoms with E-state index in [2.05, 4.69) is 5.32 Å². The van der Waals surface area contributed by atoms with Gasteiger partial charge in [-0.15, -0.1) is 0 Å². The number of hydrogen-bond donors (Lipinski definition) is 2. The van der Waals surface area contributed by atoms with E-state index < -0.39 is 11.7 Å². The van der Waals surface area contributed by atoms with Crippen molar-refractivity contribution < 1.29 is 18.7 Å². The van der Waals surface area contributed by atoms with Crippen LogP contribution >= 0.6 is 0 Å². The zero-order chi connectivity index (χ0) is 15.1. The first-order chi connectivity index (χ1) is 9.45. The molecule has 1 aromatic carbocycles. The molecule has 0 unspecified atom stereocenters. The molecule has 0 heterocycles. The Balaban J connectivity index is 2.60. The van der Waals surface area contributed by atoms with Crippen LogP contribution in [0.3, 0.4) is 0 Å². The minimum Gasteiger partial charge on any atom is -0.399 e. The SMILES string of the molecule is COCCNC(=O)CN(C)C(=O)c1ccc(N)cc1F. The molecule has 20 heavy (non-hydrogen) atoms.